The third-order valence-electron chi connectivity index (χ3n) is 1.94. The van der Waals surface area contributed by atoms with Gasteiger partial charge < -0.3 is 15.9 Å². The first-order valence-corrected chi connectivity index (χ1v) is 4.01. The molecule has 1 aromatic rings. The number of aliphatic hydroxyl groups excluding tert-OH is 1. The fourth-order valence-electron chi connectivity index (χ4n) is 1.08. The number of aromatic hydroxyl groups is 1. The van der Waals surface area contributed by atoms with Crippen LogP contribution in [0.2, 0.25) is 0 Å². The molecular weight excluding hydrogens is 192 g/mol. The molecule has 0 heterocycles. The fraction of sp³-hybridized carbons (Fsp3) is 0.333. The Kier molecular flexibility index (Phi) is 3.03. The maximum atomic E-state index is 12.9. The molecule has 0 aliphatic carbocycles. The minimum Gasteiger partial charge on any atom is -0.508 e. The second-order valence-corrected chi connectivity index (χ2v) is 2.96. The van der Waals surface area contributed by atoms with Crippen LogP contribution in [0.4, 0.5) is 8.78 Å². The number of hydrogen-bond donors (Lipinski definition) is 3. The molecule has 1 aromatic carbocycles. The van der Waals surface area contributed by atoms with E-state index >= 15 is 0 Å². The lowest BCUT2D eigenvalue weighted by atomic mass is 10.0. The Morgan fingerprint density at radius 2 is 1.93 bits per heavy atom. The number of benzene rings is 1. The van der Waals surface area contributed by atoms with E-state index in [1.807, 2.05) is 0 Å². The average Bonchev–Trinajstić information content (AvgIpc) is 2.17. The predicted octanol–water partition coefficient (Wildman–Crippen LogP) is 1.02. The van der Waals surface area contributed by atoms with Gasteiger partial charge in [0.05, 0.1) is 0 Å². The van der Waals surface area contributed by atoms with Gasteiger partial charge in [-0.15, -0.1) is 0 Å². The van der Waals surface area contributed by atoms with Crippen molar-refractivity contribution >= 4 is 0 Å². The standard InChI is InChI=1S/C9H11F2NO2/c10-9(11,5-13)8(12)6-3-1-2-4-7(6)14/h1-4,8,13-14H,5,12H2/t8-/m0/s1. The number of phenolic OH excluding ortho intramolecular Hbond substituents is 1. The lowest BCUT2D eigenvalue weighted by Gasteiger charge is -2.22. The van der Waals surface area contributed by atoms with Gasteiger partial charge in [0, 0.05) is 5.56 Å². The summed E-state index contributed by atoms with van der Waals surface area (Å²) >= 11 is 0. The van der Waals surface area contributed by atoms with E-state index in [2.05, 4.69) is 0 Å². The Hall–Kier alpha value is -1.20. The van der Waals surface area contributed by atoms with Gasteiger partial charge in [0.15, 0.2) is 0 Å². The highest BCUT2D eigenvalue weighted by molar-refractivity contribution is 5.35. The number of para-hydroxylation sites is 1. The summed E-state index contributed by atoms with van der Waals surface area (Å²) in [6, 6.07) is 3.85. The molecule has 5 heteroatoms. The van der Waals surface area contributed by atoms with Gasteiger partial charge in [0.2, 0.25) is 0 Å². The molecule has 0 radical (unpaired) electrons. The fourth-order valence-corrected chi connectivity index (χ4v) is 1.08. The van der Waals surface area contributed by atoms with Crippen LogP contribution in [0.3, 0.4) is 0 Å². The first-order chi connectivity index (χ1) is 6.49. The number of rotatable bonds is 3. The van der Waals surface area contributed by atoms with Crippen LogP contribution in [0, 0.1) is 0 Å². The van der Waals surface area contributed by atoms with E-state index in [0.717, 1.165) is 0 Å². The molecule has 0 aromatic heterocycles. The predicted molar refractivity (Wildman–Crippen MR) is 47.1 cm³/mol. The van der Waals surface area contributed by atoms with Crippen LogP contribution < -0.4 is 5.73 Å². The number of nitrogens with two attached hydrogens (primary N) is 1. The van der Waals surface area contributed by atoms with E-state index in [0.29, 0.717) is 0 Å². The molecule has 0 saturated heterocycles. The van der Waals surface area contributed by atoms with E-state index < -0.39 is 18.6 Å². The second kappa shape index (κ2) is 3.89. The summed E-state index contributed by atoms with van der Waals surface area (Å²) in [5, 5.41) is 17.6. The Labute approximate surface area is 79.8 Å². The third-order valence-corrected chi connectivity index (χ3v) is 1.94. The molecule has 0 unspecified atom stereocenters. The van der Waals surface area contributed by atoms with Gasteiger partial charge in [-0.1, -0.05) is 18.2 Å². The molecule has 0 amide bonds. The zero-order chi connectivity index (χ0) is 10.8. The van der Waals surface area contributed by atoms with Crippen LogP contribution in [0.25, 0.3) is 0 Å². The van der Waals surface area contributed by atoms with Gasteiger partial charge in [-0.25, -0.2) is 8.78 Å². The van der Waals surface area contributed by atoms with Crippen molar-refractivity contribution in [3.63, 3.8) is 0 Å². The monoisotopic (exact) mass is 203 g/mol. The van der Waals surface area contributed by atoms with E-state index in [4.69, 9.17) is 10.8 Å². The number of hydrogen-bond acceptors (Lipinski definition) is 3. The highest BCUT2D eigenvalue weighted by Gasteiger charge is 2.38. The van der Waals surface area contributed by atoms with Crippen molar-refractivity contribution in [3.05, 3.63) is 29.8 Å². The minimum absolute atomic E-state index is 0.0773. The van der Waals surface area contributed by atoms with E-state index in [9.17, 15) is 13.9 Å². The summed E-state index contributed by atoms with van der Waals surface area (Å²) in [5.41, 5.74) is 5.14. The normalized spacial score (nSPS) is 14.0. The number of phenols is 1. The van der Waals surface area contributed by atoms with Crippen molar-refractivity contribution in [2.75, 3.05) is 6.61 Å². The summed E-state index contributed by atoms with van der Waals surface area (Å²) in [6.07, 6.45) is 0. The van der Waals surface area contributed by atoms with Crippen molar-refractivity contribution < 1.29 is 19.0 Å². The molecule has 0 saturated carbocycles. The van der Waals surface area contributed by atoms with Crippen LogP contribution in [0.1, 0.15) is 11.6 Å². The molecule has 0 spiro atoms. The van der Waals surface area contributed by atoms with Crippen LogP contribution in [0.15, 0.2) is 24.3 Å². The molecule has 1 rings (SSSR count). The number of alkyl halides is 2. The molecule has 0 fully saturated rings. The lowest BCUT2D eigenvalue weighted by Crippen LogP contribution is -2.36. The van der Waals surface area contributed by atoms with Gasteiger partial charge in [-0.05, 0) is 6.07 Å². The molecule has 14 heavy (non-hydrogen) atoms. The number of aliphatic hydroxyl groups is 1. The molecule has 3 nitrogen and oxygen atoms in total. The van der Waals surface area contributed by atoms with Gasteiger partial charge >= 0.3 is 0 Å². The molecule has 0 bridgehead atoms. The largest absolute Gasteiger partial charge is 0.508 e. The van der Waals surface area contributed by atoms with Crippen molar-refractivity contribution in [1.82, 2.24) is 0 Å². The summed E-state index contributed by atoms with van der Waals surface area (Å²) in [7, 11) is 0. The van der Waals surface area contributed by atoms with Gasteiger partial charge in [0.25, 0.3) is 5.92 Å². The maximum absolute atomic E-state index is 12.9. The van der Waals surface area contributed by atoms with Crippen molar-refractivity contribution in [3.8, 4) is 5.75 Å². The topological polar surface area (TPSA) is 66.5 Å². The number of halogens is 2. The van der Waals surface area contributed by atoms with Crippen LogP contribution in [-0.2, 0) is 0 Å². The highest BCUT2D eigenvalue weighted by Crippen LogP contribution is 2.33. The Balaban J connectivity index is 3.00. The van der Waals surface area contributed by atoms with Crippen molar-refractivity contribution in [2.24, 2.45) is 5.73 Å². The van der Waals surface area contributed by atoms with E-state index in [1.165, 1.54) is 24.3 Å². The van der Waals surface area contributed by atoms with Crippen LogP contribution in [-0.4, -0.2) is 22.7 Å². The lowest BCUT2D eigenvalue weighted by molar-refractivity contribution is -0.0715. The van der Waals surface area contributed by atoms with Crippen molar-refractivity contribution in [2.45, 2.75) is 12.0 Å². The van der Waals surface area contributed by atoms with Gasteiger partial charge in [0.1, 0.15) is 18.4 Å². The molecule has 4 N–H and O–H groups in total. The molecule has 78 valence electrons. The van der Waals surface area contributed by atoms with E-state index in [1.54, 1.807) is 0 Å². The van der Waals surface area contributed by atoms with Crippen molar-refractivity contribution in [1.29, 1.82) is 0 Å². The zero-order valence-corrected chi connectivity index (χ0v) is 7.32. The molecule has 1 atom stereocenters. The first kappa shape index (κ1) is 10.9. The maximum Gasteiger partial charge on any atom is 0.289 e. The van der Waals surface area contributed by atoms with E-state index in [-0.39, 0.29) is 11.3 Å². The average molecular weight is 203 g/mol. The quantitative estimate of drug-likeness (QED) is 0.687. The summed E-state index contributed by atoms with van der Waals surface area (Å²) in [5.74, 6) is -3.73. The molecular formula is C9H11F2NO2. The summed E-state index contributed by atoms with van der Waals surface area (Å²) in [4.78, 5) is 0. The van der Waals surface area contributed by atoms with Gasteiger partial charge in [-0.3, -0.25) is 0 Å². The first-order valence-electron chi connectivity index (χ1n) is 4.01. The SMILES string of the molecule is N[C@@H](c1ccccc1O)C(F)(F)CO. The second-order valence-electron chi connectivity index (χ2n) is 2.96. The Morgan fingerprint density at radius 3 is 2.43 bits per heavy atom. The van der Waals surface area contributed by atoms with Gasteiger partial charge in [-0.2, -0.15) is 0 Å². The summed E-state index contributed by atoms with van der Waals surface area (Å²) in [6.45, 7) is -1.34. The highest BCUT2D eigenvalue weighted by atomic mass is 19.3. The van der Waals surface area contributed by atoms with Crippen LogP contribution >= 0.6 is 0 Å². The molecule has 0 aliphatic heterocycles. The zero-order valence-electron chi connectivity index (χ0n) is 7.32. The minimum atomic E-state index is -3.43. The molecule has 0 aliphatic rings. The van der Waals surface area contributed by atoms with Crippen LogP contribution in [0.5, 0.6) is 5.75 Å². The summed E-state index contributed by atoms with van der Waals surface area (Å²) < 4.78 is 25.9. The smallest absolute Gasteiger partial charge is 0.289 e. The Bertz CT molecular complexity index is 317. The third kappa shape index (κ3) is 2.00. The Morgan fingerprint density at radius 1 is 1.36 bits per heavy atom.